The highest BCUT2D eigenvalue weighted by Crippen LogP contribution is 2.39. The molecule has 1 amide bonds. The van der Waals surface area contributed by atoms with Gasteiger partial charge < -0.3 is 14.4 Å². The van der Waals surface area contributed by atoms with E-state index < -0.39 is 17.8 Å². The van der Waals surface area contributed by atoms with E-state index in [1.165, 1.54) is 11.0 Å². The molecule has 0 saturated heterocycles. The van der Waals surface area contributed by atoms with Crippen LogP contribution in [0.4, 0.5) is 4.39 Å². The number of aliphatic hydroxyl groups excluding tert-OH is 1. The second-order valence-corrected chi connectivity index (χ2v) is 7.13. The summed E-state index contributed by atoms with van der Waals surface area (Å²) in [5.74, 6) is -1.01. The maximum Gasteiger partial charge on any atom is 0.290 e. The van der Waals surface area contributed by atoms with Crippen LogP contribution < -0.4 is 5.43 Å². The van der Waals surface area contributed by atoms with Crippen LogP contribution in [0, 0.1) is 19.7 Å². The number of carbonyl (C=O) groups is 1. The van der Waals surface area contributed by atoms with Gasteiger partial charge in [-0.1, -0.05) is 24.3 Å². The van der Waals surface area contributed by atoms with Crippen LogP contribution in [0.25, 0.3) is 11.0 Å². The molecule has 144 valence electrons. The molecule has 0 radical (unpaired) electrons. The molecular formula is C22H20FNO4. The molecule has 2 heterocycles. The largest absolute Gasteiger partial charge is 0.450 e. The molecule has 2 aromatic carbocycles. The molecule has 0 saturated carbocycles. The van der Waals surface area contributed by atoms with E-state index in [0.717, 1.165) is 11.1 Å². The Kier molecular flexibility index (Phi) is 4.51. The van der Waals surface area contributed by atoms with Gasteiger partial charge in [0.15, 0.2) is 5.43 Å². The van der Waals surface area contributed by atoms with Gasteiger partial charge in [0.25, 0.3) is 5.91 Å². The molecule has 1 atom stereocenters. The zero-order valence-electron chi connectivity index (χ0n) is 15.7. The minimum atomic E-state index is -0.878. The lowest BCUT2D eigenvalue weighted by Crippen LogP contribution is -2.31. The summed E-state index contributed by atoms with van der Waals surface area (Å²) >= 11 is 0. The number of hydrogen-bond donors (Lipinski definition) is 1. The number of carbonyl (C=O) groups excluding carboxylic acids is 1. The maximum absolute atomic E-state index is 14.6. The fraction of sp³-hybridized carbons (Fsp3) is 0.273. The molecule has 6 heteroatoms. The first kappa shape index (κ1) is 18.4. The van der Waals surface area contributed by atoms with Gasteiger partial charge in [-0.25, -0.2) is 4.39 Å². The molecule has 1 aliphatic rings. The SMILES string of the molecule is Cc1cc(C)c2oc3c(c(=O)c2c1)[C@@H](c1ccccc1F)N(CCCO)C3=O. The van der Waals surface area contributed by atoms with Crippen molar-refractivity contribution in [2.75, 3.05) is 13.2 Å². The third-order valence-electron chi connectivity index (χ3n) is 5.15. The zero-order chi connectivity index (χ0) is 20.0. The Bertz CT molecular complexity index is 1150. The smallest absolute Gasteiger partial charge is 0.290 e. The number of fused-ring (bicyclic) bond motifs is 2. The third-order valence-corrected chi connectivity index (χ3v) is 5.15. The summed E-state index contributed by atoms with van der Waals surface area (Å²) in [5, 5.41) is 9.60. The van der Waals surface area contributed by atoms with Gasteiger partial charge in [0.1, 0.15) is 11.4 Å². The van der Waals surface area contributed by atoms with Gasteiger partial charge in [0, 0.05) is 18.7 Å². The monoisotopic (exact) mass is 381 g/mol. The highest BCUT2D eigenvalue weighted by molar-refractivity contribution is 5.99. The van der Waals surface area contributed by atoms with Crippen molar-refractivity contribution >= 4 is 16.9 Å². The first-order chi connectivity index (χ1) is 13.4. The van der Waals surface area contributed by atoms with Crippen LogP contribution >= 0.6 is 0 Å². The second kappa shape index (κ2) is 6.87. The van der Waals surface area contributed by atoms with Crippen LogP contribution in [0.15, 0.2) is 45.6 Å². The number of amides is 1. The summed E-state index contributed by atoms with van der Waals surface area (Å²) in [4.78, 5) is 27.8. The predicted octanol–water partition coefficient (Wildman–Crippen LogP) is 3.48. The molecule has 1 aromatic heterocycles. The molecule has 1 aliphatic heterocycles. The van der Waals surface area contributed by atoms with Crippen LogP contribution in [-0.4, -0.2) is 29.1 Å². The van der Waals surface area contributed by atoms with Gasteiger partial charge in [-0.05, 0) is 43.5 Å². The summed E-state index contributed by atoms with van der Waals surface area (Å²) in [7, 11) is 0. The van der Waals surface area contributed by atoms with E-state index in [-0.39, 0.29) is 35.5 Å². The lowest BCUT2D eigenvalue weighted by atomic mass is 9.97. The van der Waals surface area contributed by atoms with Crippen molar-refractivity contribution in [3.8, 4) is 0 Å². The van der Waals surface area contributed by atoms with E-state index in [2.05, 4.69) is 0 Å². The van der Waals surface area contributed by atoms with E-state index in [4.69, 9.17) is 4.42 Å². The molecule has 1 N–H and O–H groups in total. The summed E-state index contributed by atoms with van der Waals surface area (Å²) < 4.78 is 20.5. The van der Waals surface area contributed by atoms with E-state index in [1.54, 1.807) is 24.3 Å². The quantitative estimate of drug-likeness (QED) is 0.751. The number of halogens is 1. The number of aliphatic hydroxyl groups is 1. The van der Waals surface area contributed by atoms with Gasteiger partial charge in [0.05, 0.1) is 17.0 Å². The van der Waals surface area contributed by atoms with E-state index in [0.29, 0.717) is 17.4 Å². The van der Waals surface area contributed by atoms with E-state index in [1.807, 2.05) is 19.9 Å². The number of nitrogens with zero attached hydrogens (tertiary/aromatic N) is 1. The molecule has 0 unspecified atom stereocenters. The van der Waals surface area contributed by atoms with Crippen molar-refractivity contribution in [3.63, 3.8) is 0 Å². The number of rotatable bonds is 4. The van der Waals surface area contributed by atoms with Gasteiger partial charge in [0.2, 0.25) is 5.76 Å². The van der Waals surface area contributed by atoms with Crippen LogP contribution in [-0.2, 0) is 0 Å². The van der Waals surface area contributed by atoms with Crippen molar-refractivity contribution in [1.82, 2.24) is 4.90 Å². The number of hydrogen-bond acceptors (Lipinski definition) is 4. The summed E-state index contributed by atoms with van der Waals surface area (Å²) in [6.45, 7) is 3.77. The summed E-state index contributed by atoms with van der Waals surface area (Å²) in [6.07, 6.45) is 0.316. The molecule has 4 rings (SSSR count). The van der Waals surface area contributed by atoms with Crippen LogP contribution in [0.1, 0.15) is 45.3 Å². The Morgan fingerprint density at radius 3 is 2.64 bits per heavy atom. The third kappa shape index (κ3) is 2.72. The van der Waals surface area contributed by atoms with Crippen LogP contribution in [0.5, 0.6) is 0 Å². The fourth-order valence-electron chi connectivity index (χ4n) is 3.97. The summed E-state index contributed by atoms with van der Waals surface area (Å²) in [6, 6.07) is 8.84. The average Bonchev–Trinajstić information content (AvgIpc) is 2.94. The second-order valence-electron chi connectivity index (χ2n) is 7.13. The minimum absolute atomic E-state index is 0.0457. The van der Waals surface area contributed by atoms with Gasteiger partial charge >= 0.3 is 0 Å². The lowest BCUT2D eigenvalue weighted by Gasteiger charge is -2.25. The highest BCUT2D eigenvalue weighted by Gasteiger charge is 2.43. The van der Waals surface area contributed by atoms with Gasteiger partial charge in [-0.2, -0.15) is 0 Å². The number of aryl methyl sites for hydroxylation is 2. The average molecular weight is 381 g/mol. The van der Waals surface area contributed by atoms with Crippen molar-refractivity contribution < 1.29 is 18.7 Å². The van der Waals surface area contributed by atoms with Gasteiger partial charge in [-0.15, -0.1) is 0 Å². The maximum atomic E-state index is 14.6. The first-order valence-corrected chi connectivity index (χ1v) is 9.18. The molecule has 0 fully saturated rings. The molecule has 0 bridgehead atoms. The molecule has 0 spiro atoms. The van der Waals surface area contributed by atoms with E-state index in [9.17, 15) is 19.1 Å². The van der Waals surface area contributed by atoms with Crippen molar-refractivity contribution in [2.24, 2.45) is 0 Å². The van der Waals surface area contributed by atoms with Crippen molar-refractivity contribution in [2.45, 2.75) is 26.3 Å². The van der Waals surface area contributed by atoms with Crippen LogP contribution in [0.2, 0.25) is 0 Å². The topological polar surface area (TPSA) is 70.8 Å². The molecule has 3 aromatic rings. The highest BCUT2D eigenvalue weighted by atomic mass is 19.1. The Labute approximate surface area is 161 Å². The molecule has 28 heavy (non-hydrogen) atoms. The number of benzene rings is 2. The normalized spacial score (nSPS) is 16.1. The van der Waals surface area contributed by atoms with Crippen molar-refractivity contribution in [3.05, 3.63) is 80.5 Å². The van der Waals surface area contributed by atoms with Crippen molar-refractivity contribution in [1.29, 1.82) is 0 Å². The Balaban J connectivity index is 2.03. The Morgan fingerprint density at radius 2 is 1.93 bits per heavy atom. The molecule has 0 aliphatic carbocycles. The Morgan fingerprint density at radius 1 is 1.18 bits per heavy atom. The molecular weight excluding hydrogens is 361 g/mol. The van der Waals surface area contributed by atoms with Gasteiger partial charge in [-0.3, -0.25) is 9.59 Å². The minimum Gasteiger partial charge on any atom is -0.450 e. The standard InChI is InChI=1S/C22H20FNO4/c1-12-10-13(2)20-15(11-12)19(26)17-18(14-6-3-4-7-16(14)23)24(8-5-9-25)22(27)21(17)28-20/h3-4,6-7,10-11,18,25H,5,8-9H2,1-2H3/t18-/m1/s1. The lowest BCUT2D eigenvalue weighted by molar-refractivity contribution is 0.0714. The fourth-order valence-corrected chi connectivity index (χ4v) is 3.97. The molecule has 5 nitrogen and oxygen atoms in total. The predicted molar refractivity (Wildman–Crippen MR) is 103 cm³/mol. The first-order valence-electron chi connectivity index (χ1n) is 9.18. The van der Waals surface area contributed by atoms with E-state index >= 15 is 0 Å². The zero-order valence-corrected chi connectivity index (χ0v) is 15.7. The Hall–Kier alpha value is -2.99. The summed E-state index contributed by atoms with van der Waals surface area (Å²) in [5.41, 5.74) is 2.12. The van der Waals surface area contributed by atoms with Crippen LogP contribution in [0.3, 0.4) is 0 Å².